The van der Waals surface area contributed by atoms with Crippen LogP contribution in [0, 0.1) is 0 Å². The number of nitrogens with two attached hydrogens (primary N) is 1. The Morgan fingerprint density at radius 2 is 1.27 bits per heavy atom. The molecule has 1 aliphatic heterocycles. The molecule has 0 radical (unpaired) electrons. The number of imide groups is 1. The van der Waals surface area contributed by atoms with Gasteiger partial charge >= 0.3 is 0 Å². The monoisotopic (exact) mass is 432 g/mol. The average molecular weight is 432 g/mol. The van der Waals surface area contributed by atoms with E-state index in [-0.39, 0.29) is 55.9 Å². The van der Waals surface area contributed by atoms with Crippen molar-refractivity contribution in [2.75, 3.05) is 65.9 Å². The van der Waals surface area contributed by atoms with Crippen molar-refractivity contribution in [3.63, 3.8) is 0 Å². The van der Waals surface area contributed by atoms with Crippen molar-refractivity contribution in [3.05, 3.63) is 0 Å². The minimum absolute atomic E-state index is 0.0919. The molecule has 1 saturated heterocycles. The molecule has 0 unspecified atom stereocenters. The second kappa shape index (κ2) is 16.7. The lowest BCUT2D eigenvalue weighted by molar-refractivity contribution is -0.138. The van der Waals surface area contributed by atoms with Gasteiger partial charge in [0, 0.05) is 32.4 Å². The number of ether oxygens (including phenoxy) is 4. The number of hydrazine groups is 1. The maximum absolute atomic E-state index is 11.7. The Labute approximate surface area is 175 Å². The molecule has 0 saturated carbocycles. The van der Waals surface area contributed by atoms with E-state index < -0.39 is 0 Å². The van der Waals surface area contributed by atoms with Crippen molar-refractivity contribution in [2.24, 2.45) is 5.84 Å². The number of nitrogens with zero attached hydrogens (tertiary/aromatic N) is 1. The van der Waals surface area contributed by atoms with Crippen LogP contribution in [0.5, 0.6) is 0 Å². The lowest BCUT2D eigenvalue weighted by Gasteiger charge is -2.13. The van der Waals surface area contributed by atoms with Crippen LogP contribution in [0.25, 0.3) is 0 Å². The summed E-state index contributed by atoms with van der Waals surface area (Å²) < 4.78 is 21.2. The van der Waals surface area contributed by atoms with Gasteiger partial charge in [0.2, 0.25) is 23.6 Å². The van der Waals surface area contributed by atoms with Gasteiger partial charge in [-0.3, -0.25) is 29.5 Å². The molecule has 1 heterocycles. The van der Waals surface area contributed by atoms with Crippen molar-refractivity contribution in [3.8, 4) is 0 Å². The summed E-state index contributed by atoms with van der Waals surface area (Å²) in [4.78, 5) is 46.5. The minimum Gasteiger partial charge on any atom is -0.379 e. The largest absolute Gasteiger partial charge is 0.379 e. The third-order valence-corrected chi connectivity index (χ3v) is 4.04. The summed E-state index contributed by atoms with van der Waals surface area (Å²) in [7, 11) is 0. The fourth-order valence-corrected chi connectivity index (χ4v) is 2.44. The zero-order valence-corrected chi connectivity index (χ0v) is 17.2. The zero-order chi connectivity index (χ0) is 22.0. The van der Waals surface area contributed by atoms with Gasteiger partial charge in [-0.25, -0.2) is 5.84 Å². The average Bonchev–Trinajstić information content (AvgIpc) is 3.06. The topological polar surface area (TPSA) is 159 Å². The van der Waals surface area contributed by atoms with Crippen molar-refractivity contribution in [1.82, 2.24) is 15.6 Å². The molecule has 4 N–H and O–H groups in total. The van der Waals surface area contributed by atoms with E-state index in [4.69, 9.17) is 24.8 Å². The Morgan fingerprint density at radius 1 is 0.767 bits per heavy atom. The summed E-state index contributed by atoms with van der Waals surface area (Å²) in [5.74, 6) is 3.99. The van der Waals surface area contributed by atoms with Crippen molar-refractivity contribution < 1.29 is 38.1 Å². The highest BCUT2D eigenvalue weighted by molar-refractivity contribution is 6.02. The summed E-state index contributed by atoms with van der Waals surface area (Å²) >= 11 is 0. The summed E-state index contributed by atoms with van der Waals surface area (Å²) in [6, 6.07) is 0. The van der Waals surface area contributed by atoms with Crippen molar-refractivity contribution >= 4 is 23.6 Å². The predicted molar refractivity (Wildman–Crippen MR) is 104 cm³/mol. The van der Waals surface area contributed by atoms with E-state index in [0.29, 0.717) is 59.4 Å². The molecular formula is C18H32N4O8. The van der Waals surface area contributed by atoms with Crippen molar-refractivity contribution in [1.29, 1.82) is 0 Å². The molecule has 0 atom stereocenters. The summed E-state index contributed by atoms with van der Waals surface area (Å²) in [6.45, 7) is 3.52. The molecule has 1 rings (SSSR count). The molecule has 0 spiro atoms. The molecule has 1 aliphatic rings. The second-order valence-corrected chi connectivity index (χ2v) is 6.31. The number of likely N-dealkylation sites (tertiary alicyclic amines) is 1. The third kappa shape index (κ3) is 12.4. The number of carbonyl (C=O) groups excluding carboxylic acids is 4. The van der Waals surface area contributed by atoms with Crippen LogP contribution in [0.1, 0.15) is 25.7 Å². The highest BCUT2D eigenvalue weighted by atomic mass is 16.6. The molecule has 172 valence electrons. The van der Waals surface area contributed by atoms with E-state index in [1.165, 1.54) is 0 Å². The quantitative estimate of drug-likeness (QED) is 0.0738. The molecule has 0 aromatic heterocycles. The number of carbonyl (C=O) groups is 4. The van der Waals surface area contributed by atoms with Crippen LogP contribution in [0.4, 0.5) is 0 Å². The fraction of sp³-hybridized carbons (Fsp3) is 0.778. The molecule has 0 aromatic rings. The Morgan fingerprint density at radius 3 is 1.80 bits per heavy atom. The lowest BCUT2D eigenvalue weighted by Crippen LogP contribution is -2.35. The molecule has 0 aliphatic carbocycles. The second-order valence-electron chi connectivity index (χ2n) is 6.31. The normalized spacial score (nSPS) is 13.7. The van der Waals surface area contributed by atoms with Crippen LogP contribution in [0.3, 0.4) is 0 Å². The maximum Gasteiger partial charge on any atom is 0.236 e. The van der Waals surface area contributed by atoms with Gasteiger partial charge in [-0.1, -0.05) is 0 Å². The fourth-order valence-electron chi connectivity index (χ4n) is 2.44. The van der Waals surface area contributed by atoms with E-state index in [1.807, 2.05) is 5.43 Å². The van der Waals surface area contributed by atoms with Gasteiger partial charge in [0.15, 0.2) is 0 Å². The van der Waals surface area contributed by atoms with Crippen LogP contribution in [0.2, 0.25) is 0 Å². The minimum atomic E-state index is -0.276. The van der Waals surface area contributed by atoms with E-state index >= 15 is 0 Å². The van der Waals surface area contributed by atoms with Gasteiger partial charge in [-0.2, -0.15) is 0 Å². The molecule has 12 heteroatoms. The molecule has 0 aromatic carbocycles. The maximum atomic E-state index is 11.7. The predicted octanol–water partition coefficient (Wildman–Crippen LogP) is -1.91. The Hall–Kier alpha value is -2.12. The highest BCUT2D eigenvalue weighted by Gasteiger charge is 2.28. The lowest BCUT2D eigenvalue weighted by atomic mass is 10.3. The number of amides is 4. The molecule has 4 amide bonds. The summed E-state index contributed by atoms with van der Waals surface area (Å²) in [6.07, 6.45) is 0.764. The molecule has 1 fully saturated rings. The van der Waals surface area contributed by atoms with Gasteiger partial charge in [0.25, 0.3) is 0 Å². The number of hydrogen-bond acceptors (Lipinski definition) is 9. The first-order valence-corrected chi connectivity index (χ1v) is 9.95. The van der Waals surface area contributed by atoms with E-state index in [1.54, 1.807) is 0 Å². The smallest absolute Gasteiger partial charge is 0.236 e. The standard InChI is InChI=1S/C18H32N4O8/c19-21-16(24)4-7-27-9-11-29-13-14-30-12-10-28-8-5-20-15(23)3-6-22-17(25)1-2-18(22)26/h1-14,19H2,(H,20,23)(H,21,24). The number of hydrogen-bond donors (Lipinski definition) is 3. The van der Waals surface area contributed by atoms with Crippen LogP contribution in [-0.2, 0) is 38.1 Å². The van der Waals surface area contributed by atoms with Gasteiger partial charge in [0.1, 0.15) is 0 Å². The van der Waals surface area contributed by atoms with Gasteiger partial charge in [-0.15, -0.1) is 0 Å². The Kier molecular flexibility index (Phi) is 14.4. The number of nitrogens with one attached hydrogen (secondary N) is 2. The van der Waals surface area contributed by atoms with Crippen molar-refractivity contribution in [2.45, 2.75) is 25.7 Å². The third-order valence-electron chi connectivity index (χ3n) is 4.04. The van der Waals surface area contributed by atoms with Gasteiger partial charge < -0.3 is 24.3 Å². The van der Waals surface area contributed by atoms with Crippen LogP contribution >= 0.6 is 0 Å². The van der Waals surface area contributed by atoms with E-state index in [0.717, 1.165) is 4.90 Å². The molecular weight excluding hydrogens is 400 g/mol. The Bertz CT molecular complexity index is 530. The zero-order valence-electron chi connectivity index (χ0n) is 17.2. The van der Waals surface area contributed by atoms with Gasteiger partial charge in [0.05, 0.1) is 59.3 Å². The summed E-state index contributed by atoms with van der Waals surface area (Å²) in [5.41, 5.74) is 2.02. The van der Waals surface area contributed by atoms with Crippen LogP contribution in [0.15, 0.2) is 0 Å². The Balaban J connectivity index is 1.79. The van der Waals surface area contributed by atoms with Crippen LogP contribution < -0.4 is 16.6 Å². The van der Waals surface area contributed by atoms with E-state index in [9.17, 15) is 19.2 Å². The van der Waals surface area contributed by atoms with Crippen LogP contribution in [-0.4, -0.2) is 94.5 Å². The highest BCUT2D eigenvalue weighted by Crippen LogP contribution is 2.11. The van der Waals surface area contributed by atoms with Gasteiger partial charge in [-0.05, 0) is 0 Å². The molecule has 12 nitrogen and oxygen atoms in total. The summed E-state index contributed by atoms with van der Waals surface area (Å²) in [5, 5.41) is 2.67. The first kappa shape index (κ1) is 25.9. The van der Waals surface area contributed by atoms with E-state index in [2.05, 4.69) is 5.32 Å². The molecule has 0 bridgehead atoms. The first-order valence-electron chi connectivity index (χ1n) is 9.95. The number of rotatable bonds is 18. The first-order chi connectivity index (χ1) is 14.5. The SMILES string of the molecule is NNC(=O)CCOCCOCCOCCOCCNC(=O)CCN1C(=O)CCC1=O. The molecule has 30 heavy (non-hydrogen) atoms.